The summed E-state index contributed by atoms with van der Waals surface area (Å²) >= 11 is 0. The number of aromatic nitrogens is 1. The van der Waals surface area contributed by atoms with Crippen LogP contribution in [0, 0.1) is 15.9 Å². The Kier molecular flexibility index (Phi) is 4.85. The summed E-state index contributed by atoms with van der Waals surface area (Å²) in [6, 6.07) is 6.20. The number of benzene rings is 1. The molecule has 1 N–H and O–H groups in total. The number of carbonyl (C=O) groups is 1. The average molecular weight is 347 g/mol. The van der Waals surface area contributed by atoms with Crippen LogP contribution in [0.25, 0.3) is 0 Å². The van der Waals surface area contributed by atoms with Crippen LogP contribution < -0.4 is 10.1 Å². The fraction of sp³-hybridized carbons (Fsp3) is 0.250. The van der Waals surface area contributed by atoms with Gasteiger partial charge in [0.25, 0.3) is 5.91 Å². The van der Waals surface area contributed by atoms with E-state index in [0.717, 1.165) is 18.6 Å². The van der Waals surface area contributed by atoms with Gasteiger partial charge in [0.2, 0.25) is 11.7 Å². The van der Waals surface area contributed by atoms with Gasteiger partial charge in [-0.15, -0.1) is 0 Å². The van der Waals surface area contributed by atoms with Crippen molar-refractivity contribution in [1.82, 2.24) is 4.98 Å². The Labute approximate surface area is 141 Å². The number of nitro benzene ring substituents is 1. The summed E-state index contributed by atoms with van der Waals surface area (Å²) in [7, 11) is 0. The van der Waals surface area contributed by atoms with Crippen LogP contribution in [0.2, 0.25) is 0 Å². The highest BCUT2D eigenvalue weighted by molar-refractivity contribution is 6.04. The number of anilines is 1. The molecule has 1 aliphatic rings. The highest BCUT2D eigenvalue weighted by Gasteiger charge is 2.18. The number of carbonyl (C=O) groups excluding carboxylic acids is 1. The van der Waals surface area contributed by atoms with Gasteiger partial charge in [0.05, 0.1) is 23.7 Å². The zero-order valence-corrected chi connectivity index (χ0v) is 13.0. The number of nitrogens with one attached hydrogen (secondary N) is 1. The topological polar surface area (TPSA) is 104 Å². The maximum Gasteiger partial charge on any atom is 0.306 e. The summed E-state index contributed by atoms with van der Waals surface area (Å²) in [4.78, 5) is 26.1. The lowest BCUT2D eigenvalue weighted by Crippen LogP contribution is -2.17. The molecule has 1 aromatic heterocycles. The van der Waals surface area contributed by atoms with Gasteiger partial charge >= 0.3 is 5.69 Å². The normalized spacial score (nSPS) is 16.4. The van der Waals surface area contributed by atoms with Gasteiger partial charge < -0.3 is 14.8 Å². The van der Waals surface area contributed by atoms with Crippen molar-refractivity contribution in [3.8, 4) is 5.88 Å². The van der Waals surface area contributed by atoms with Crippen LogP contribution in [0.3, 0.4) is 0 Å². The minimum absolute atomic E-state index is 0.0491. The molecule has 1 unspecified atom stereocenters. The summed E-state index contributed by atoms with van der Waals surface area (Å²) in [5.41, 5.74) is -0.359. The Bertz CT molecular complexity index is 791. The van der Waals surface area contributed by atoms with Gasteiger partial charge in [-0.05, 0) is 18.2 Å². The van der Waals surface area contributed by atoms with E-state index < -0.39 is 22.3 Å². The average Bonchev–Trinajstić information content (AvgIpc) is 3.10. The number of hydrogen-bond acceptors (Lipinski definition) is 6. The van der Waals surface area contributed by atoms with Crippen molar-refractivity contribution in [1.29, 1.82) is 0 Å². The first-order valence-corrected chi connectivity index (χ1v) is 7.48. The van der Waals surface area contributed by atoms with Crippen molar-refractivity contribution in [2.24, 2.45) is 0 Å². The smallest absolute Gasteiger partial charge is 0.306 e. The Hall–Kier alpha value is -3.07. The van der Waals surface area contributed by atoms with Gasteiger partial charge in [0.15, 0.2) is 0 Å². The third-order valence-corrected chi connectivity index (χ3v) is 3.57. The van der Waals surface area contributed by atoms with Gasteiger partial charge in [0.1, 0.15) is 6.10 Å². The first-order valence-electron chi connectivity index (χ1n) is 7.48. The van der Waals surface area contributed by atoms with Gasteiger partial charge in [-0.2, -0.15) is 4.39 Å². The summed E-state index contributed by atoms with van der Waals surface area (Å²) in [5, 5.41) is 13.2. The van der Waals surface area contributed by atoms with E-state index in [0.29, 0.717) is 19.1 Å². The number of rotatable bonds is 5. The molecule has 0 aliphatic carbocycles. The molecule has 1 saturated heterocycles. The fourth-order valence-electron chi connectivity index (χ4n) is 2.29. The molecule has 2 heterocycles. The first-order chi connectivity index (χ1) is 12.0. The zero-order valence-electron chi connectivity index (χ0n) is 13.0. The molecule has 0 saturated carbocycles. The lowest BCUT2D eigenvalue weighted by atomic mass is 10.2. The van der Waals surface area contributed by atoms with Crippen LogP contribution in [-0.4, -0.2) is 35.1 Å². The maximum atomic E-state index is 13.3. The molecule has 0 bridgehead atoms. The van der Waals surface area contributed by atoms with E-state index in [1.807, 2.05) is 0 Å². The van der Waals surface area contributed by atoms with Crippen molar-refractivity contribution in [3.05, 3.63) is 58.0 Å². The van der Waals surface area contributed by atoms with Crippen molar-refractivity contribution in [2.75, 3.05) is 18.5 Å². The highest BCUT2D eigenvalue weighted by atomic mass is 19.1. The minimum Gasteiger partial charge on any atom is -0.472 e. The van der Waals surface area contributed by atoms with Crippen LogP contribution in [-0.2, 0) is 4.74 Å². The van der Waals surface area contributed by atoms with Crippen molar-refractivity contribution < 1.29 is 23.6 Å². The van der Waals surface area contributed by atoms with E-state index in [1.165, 1.54) is 18.3 Å². The Balaban J connectivity index is 1.66. The van der Waals surface area contributed by atoms with Crippen molar-refractivity contribution in [2.45, 2.75) is 12.5 Å². The molecule has 130 valence electrons. The Morgan fingerprint density at radius 1 is 1.40 bits per heavy atom. The minimum atomic E-state index is -0.970. The predicted molar refractivity (Wildman–Crippen MR) is 85.1 cm³/mol. The van der Waals surface area contributed by atoms with Crippen LogP contribution >= 0.6 is 0 Å². The quantitative estimate of drug-likeness (QED) is 0.658. The van der Waals surface area contributed by atoms with E-state index in [4.69, 9.17) is 9.47 Å². The third kappa shape index (κ3) is 4.07. The summed E-state index contributed by atoms with van der Waals surface area (Å²) in [6.07, 6.45) is 2.07. The molecule has 1 fully saturated rings. The summed E-state index contributed by atoms with van der Waals surface area (Å²) in [5.74, 6) is -1.12. The second-order valence-electron chi connectivity index (χ2n) is 5.37. The number of nitrogens with zero attached hydrogens (tertiary/aromatic N) is 2. The standard InChI is InChI=1S/C16H14FN3O5/c17-13-3-2-11(7-14(13)20(22)23)19-16(21)10-1-4-15(18-8-10)25-12-5-6-24-9-12/h1-4,7-8,12H,5-6,9H2,(H,19,21). The number of pyridine rings is 1. The summed E-state index contributed by atoms with van der Waals surface area (Å²) < 4.78 is 24.1. The highest BCUT2D eigenvalue weighted by Crippen LogP contribution is 2.22. The number of hydrogen-bond donors (Lipinski definition) is 1. The van der Waals surface area contributed by atoms with Gasteiger partial charge in [-0.3, -0.25) is 14.9 Å². The van der Waals surface area contributed by atoms with Crippen LogP contribution in [0.15, 0.2) is 36.5 Å². The van der Waals surface area contributed by atoms with Crippen molar-refractivity contribution in [3.63, 3.8) is 0 Å². The third-order valence-electron chi connectivity index (χ3n) is 3.57. The number of amides is 1. The SMILES string of the molecule is O=C(Nc1ccc(F)c([N+](=O)[O-])c1)c1ccc(OC2CCOC2)nc1. The Morgan fingerprint density at radius 3 is 2.88 bits per heavy atom. The first kappa shape index (κ1) is 16.8. The van der Waals surface area contributed by atoms with Gasteiger partial charge in [-0.1, -0.05) is 0 Å². The van der Waals surface area contributed by atoms with E-state index in [2.05, 4.69) is 10.3 Å². The van der Waals surface area contributed by atoms with E-state index in [-0.39, 0.29) is 17.4 Å². The zero-order chi connectivity index (χ0) is 17.8. The van der Waals surface area contributed by atoms with E-state index in [9.17, 15) is 19.3 Å². The van der Waals surface area contributed by atoms with Gasteiger partial charge in [-0.25, -0.2) is 4.98 Å². The number of nitro groups is 1. The molecule has 0 spiro atoms. The maximum absolute atomic E-state index is 13.3. The molecule has 1 amide bonds. The van der Waals surface area contributed by atoms with Crippen LogP contribution in [0.1, 0.15) is 16.8 Å². The molecule has 1 aliphatic heterocycles. The lowest BCUT2D eigenvalue weighted by molar-refractivity contribution is -0.387. The second kappa shape index (κ2) is 7.22. The largest absolute Gasteiger partial charge is 0.472 e. The molecular weight excluding hydrogens is 333 g/mol. The molecule has 8 nitrogen and oxygen atoms in total. The van der Waals surface area contributed by atoms with Crippen molar-refractivity contribution >= 4 is 17.3 Å². The molecule has 9 heteroatoms. The van der Waals surface area contributed by atoms with Crippen LogP contribution in [0.5, 0.6) is 5.88 Å². The van der Waals surface area contributed by atoms with Gasteiger partial charge in [0, 0.05) is 30.4 Å². The van der Waals surface area contributed by atoms with E-state index in [1.54, 1.807) is 6.07 Å². The lowest BCUT2D eigenvalue weighted by Gasteiger charge is -2.11. The molecule has 1 aromatic carbocycles. The van der Waals surface area contributed by atoms with Crippen LogP contribution in [0.4, 0.5) is 15.8 Å². The fourth-order valence-corrected chi connectivity index (χ4v) is 2.29. The molecule has 1 atom stereocenters. The van der Waals surface area contributed by atoms with E-state index >= 15 is 0 Å². The predicted octanol–water partition coefficient (Wildman–Crippen LogP) is 2.55. The monoisotopic (exact) mass is 347 g/mol. The molecule has 2 aromatic rings. The summed E-state index contributed by atoms with van der Waals surface area (Å²) in [6.45, 7) is 1.15. The molecular formula is C16H14FN3O5. The molecule has 25 heavy (non-hydrogen) atoms. The molecule has 3 rings (SSSR count). The molecule has 0 radical (unpaired) electrons. The second-order valence-corrected chi connectivity index (χ2v) is 5.37. The number of ether oxygens (including phenoxy) is 2. The number of halogens is 1. The Morgan fingerprint density at radius 2 is 2.24 bits per heavy atom.